The van der Waals surface area contributed by atoms with Crippen LogP contribution in [0.1, 0.15) is 11.1 Å². The zero-order valence-electron chi connectivity index (χ0n) is 15.4. The molecule has 6 heteroatoms. The zero-order valence-corrected chi connectivity index (χ0v) is 16.2. The Labute approximate surface area is 164 Å². The van der Waals surface area contributed by atoms with Gasteiger partial charge in [0.15, 0.2) is 17.1 Å². The van der Waals surface area contributed by atoms with Crippen molar-refractivity contribution in [2.45, 2.75) is 17.4 Å². The molecule has 0 fully saturated rings. The molecule has 28 heavy (non-hydrogen) atoms. The molecule has 1 aliphatic rings. The van der Waals surface area contributed by atoms with Crippen molar-refractivity contribution in [3.63, 3.8) is 0 Å². The summed E-state index contributed by atoms with van der Waals surface area (Å²) in [6, 6.07) is 23.2. The van der Waals surface area contributed by atoms with Gasteiger partial charge in [-0.2, -0.15) is 8.42 Å². The Balaban J connectivity index is 1.65. The van der Waals surface area contributed by atoms with Crippen molar-refractivity contribution in [1.82, 2.24) is 0 Å². The van der Waals surface area contributed by atoms with Gasteiger partial charge in [0.25, 0.3) is 10.1 Å². The summed E-state index contributed by atoms with van der Waals surface area (Å²) in [6.07, 6.45) is 0. The van der Waals surface area contributed by atoms with E-state index in [-0.39, 0.29) is 18.1 Å². The van der Waals surface area contributed by atoms with Crippen molar-refractivity contribution in [3.05, 3.63) is 90.0 Å². The second-order valence-electron chi connectivity index (χ2n) is 6.73. The first-order valence-electron chi connectivity index (χ1n) is 8.91. The van der Waals surface area contributed by atoms with Gasteiger partial charge in [-0.15, -0.1) is 0 Å². The highest BCUT2D eigenvalue weighted by Gasteiger charge is 2.41. The number of para-hydroxylation sites is 2. The van der Waals surface area contributed by atoms with Crippen LogP contribution in [0.3, 0.4) is 0 Å². The highest BCUT2D eigenvalue weighted by Crippen LogP contribution is 2.40. The first-order valence-corrected chi connectivity index (χ1v) is 10.3. The molecule has 0 saturated carbocycles. The topological polar surface area (TPSA) is 61.8 Å². The largest absolute Gasteiger partial charge is 0.485 e. The fraction of sp³-hybridized carbons (Fsp3) is 0.182. The Bertz CT molecular complexity index is 1060. The number of hydrogen-bond donors (Lipinski definition) is 0. The second-order valence-corrected chi connectivity index (χ2v) is 8.34. The van der Waals surface area contributed by atoms with E-state index in [9.17, 15) is 8.42 Å². The van der Waals surface area contributed by atoms with E-state index in [2.05, 4.69) is 0 Å². The van der Waals surface area contributed by atoms with Crippen molar-refractivity contribution in [2.24, 2.45) is 0 Å². The lowest BCUT2D eigenvalue weighted by Gasteiger charge is -2.38. The molecule has 1 aliphatic heterocycles. The summed E-state index contributed by atoms with van der Waals surface area (Å²) in [5.41, 5.74) is 0.678. The lowest BCUT2D eigenvalue weighted by Crippen LogP contribution is -2.46. The van der Waals surface area contributed by atoms with Crippen LogP contribution in [0.25, 0.3) is 0 Å². The highest BCUT2D eigenvalue weighted by molar-refractivity contribution is 7.86. The normalized spacial score (nSPS) is 18.6. The molecule has 0 saturated heterocycles. The van der Waals surface area contributed by atoms with Gasteiger partial charge in [-0.25, -0.2) is 0 Å². The summed E-state index contributed by atoms with van der Waals surface area (Å²) in [7, 11) is -3.94. The van der Waals surface area contributed by atoms with E-state index in [1.54, 1.807) is 18.2 Å². The second kappa shape index (κ2) is 7.30. The van der Waals surface area contributed by atoms with Gasteiger partial charge in [0.05, 0.1) is 4.90 Å². The number of aryl methyl sites for hydroxylation is 1. The SMILES string of the molecule is Cc1ccc(S(=O)(=O)OCC2(c3ccccc3)COc3ccccc3O2)cc1. The standard InChI is InChI=1S/C22H20O5S/c1-17-11-13-19(14-12-17)28(23,24)26-16-22(18-7-3-2-4-8-18)15-25-20-9-5-6-10-21(20)27-22/h2-14H,15-16H2,1H3. The maximum absolute atomic E-state index is 12.7. The Morgan fingerprint density at radius 2 is 1.54 bits per heavy atom. The summed E-state index contributed by atoms with van der Waals surface area (Å²) >= 11 is 0. The monoisotopic (exact) mass is 396 g/mol. The molecule has 1 atom stereocenters. The molecule has 144 valence electrons. The zero-order chi connectivity index (χ0) is 19.6. The molecule has 3 aromatic rings. The van der Waals surface area contributed by atoms with Gasteiger partial charge in [0.1, 0.15) is 13.2 Å². The quantitative estimate of drug-likeness (QED) is 0.609. The summed E-state index contributed by atoms with van der Waals surface area (Å²) in [5.74, 6) is 1.17. The summed E-state index contributed by atoms with van der Waals surface area (Å²) in [4.78, 5) is 0.110. The third-order valence-corrected chi connectivity index (χ3v) is 5.95. The molecular weight excluding hydrogens is 376 g/mol. The molecular formula is C22H20O5S. The molecule has 1 heterocycles. The molecule has 0 radical (unpaired) electrons. The van der Waals surface area contributed by atoms with E-state index in [1.807, 2.05) is 55.5 Å². The van der Waals surface area contributed by atoms with Crippen LogP contribution >= 0.6 is 0 Å². The van der Waals surface area contributed by atoms with Crippen LogP contribution in [-0.4, -0.2) is 21.6 Å². The van der Waals surface area contributed by atoms with Crippen molar-refractivity contribution < 1.29 is 22.1 Å². The maximum Gasteiger partial charge on any atom is 0.297 e. The Morgan fingerprint density at radius 3 is 2.25 bits per heavy atom. The van der Waals surface area contributed by atoms with Crippen LogP contribution in [0.2, 0.25) is 0 Å². The van der Waals surface area contributed by atoms with Gasteiger partial charge in [-0.05, 0) is 31.2 Å². The number of ether oxygens (including phenoxy) is 2. The molecule has 3 aromatic carbocycles. The fourth-order valence-corrected chi connectivity index (χ4v) is 4.02. The number of benzene rings is 3. The van der Waals surface area contributed by atoms with Gasteiger partial charge in [-0.3, -0.25) is 4.18 Å². The van der Waals surface area contributed by atoms with Crippen LogP contribution in [0.15, 0.2) is 83.8 Å². The Kier molecular flexibility index (Phi) is 4.83. The van der Waals surface area contributed by atoms with Crippen molar-refractivity contribution in [1.29, 1.82) is 0 Å². The van der Waals surface area contributed by atoms with E-state index in [0.717, 1.165) is 11.1 Å². The van der Waals surface area contributed by atoms with Crippen molar-refractivity contribution >= 4 is 10.1 Å². The molecule has 0 N–H and O–H groups in total. The van der Waals surface area contributed by atoms with Crippen molar-refractivity contribution in [2.75, 3.05) is 13.2 Å². The number of hydrogen-bond acceptors (Lipinski definition) is 5. The summed E-state index contributed by atoms with van der Waals surface area (Å²) in [5, 5.41) is 0. The average molecular weight is 396 g/mol. The summed E-state index contributed by atoms with van der Waals surface area (Å²) < 4.78 is 42.9. The number of fused-ring (bicyclic) bond motifs is 1. The van der Waals surface area contributed by atoms with Crippen LogP contribution in [0.5, 0.6) is 11.5 Å². The lowest BCUT2D eigenvalue weighted by molar-refractivity contribution is -0.0437. The molecule has 4 rings (SSSR count). The van der Waals surface area contributed by atoms with E-state index < -0.39 is 15.7 Å². The molecule has 0 bridgehead atoms. The third-order valence-electron chi connectivity index (χ3n) is 4.67. The van der Waals surface area contributed by atoms with Gasteiger partial charge < -0.3 is 9.47 Å². The first kappa shape index (κ1) is 18.5. The van der Waals surface area contributed by atoms with Crippen LogP contribution in [0.4, 0.5) is 0 Å². The van der Waals surface area contributed by atoms with E-state index in [4.69, 9.17) is 13.7 Å². The minimum Gasteiger partial charge on any atom is -0.485 e. The van der Waals surface area contributed by atoms with Crippen molar-refractivity contribution in [3.8, 4) is 11.5 Å². The number of rotatable bonds is 5. The Morgan fingerprint density at radius 1 is 0.893 bits per heavy atom. The van der Waals surface area contributed by atoms with Crippen LogP contribution in [0, 0.1) is 6.92 Å². The van der Waals surface area contributed by atoms with Crippen LogP contribution < -0.4 is 9.47 Å². The Hall–Kier alpha value is -2.83. The average Bonchev–Trinajstić information content (AvgIpc) is 2.73. The van der Waals surface area contributed by atoms with Crippen LogP contribution in [-0.2, 0) is 19.9 Å². The van der Waals surface area contributed by atoms with Gasteiger partial charge in [0.2, 0.25) is 0 Å². The predicted molar refractivity (Wildman–Crippen MR) is 105 cm³/mol. The summed E-state index contributed by atoms with van der Waals surface area (Å²) in [6.45, 7) is 1.82. The molecule has 5 nitrogen and oxygen atoms in total. The third kappa shape index (κ3) is 3.61. The first-order chi connectivity index (χ1) is 13.5. The molecule has 0 aliphatic carbocycles. The molecule has 0 amide bonds. The minimum absolute atomic E-state index is 0.110. The highest BCUT2D eigenvalue weighted by atomic mass is 32.2. The van der Waals surface area contributed by atoms with E-state index in [1.165, 1.54) is 12.1 Å². The van der Waals surface area contributed by atoms with Gasteiger partial charge in [-0.1, -0.05) is 60.2 Å². The van der Waals surface area contributed by atoms with E-state index >= 15 is 0 Å². The van der Waals surface area contributed by atoms with Gasteiger partial charge in [0, 0.05) is 5.56 Å². The predicted octanol–water partition coefficient (Wildman–Crippen LogP) is 4.07. The maximum atomic E-state index is 12.7. The molecule has 0 aromatic heterocycles. The molecule has 1 unspecified atom stereocenters. The fourth-order valence-electron chi connectivity index (χ4n) is 3.07. The minimum atomic E-state index is -3.94. The van der Waals surface area contributed by atoms with Gasteiger partial charge >= 0.3 is 0 Å². The lowest BCUT2D eigenvalue weighted by atomic mass is 9.94. The smallest absolute Gasteiger partial charge is 0.297 e. The molecule has 0 spiro atoms. The van der Waals surface area contributed by atoms with E-state index in [0.29, 0.717) is 11.5 Å².